The molecule has 3 rings (SSSR count). The summed E-state index contributed by atoms with van der Waals surface area (Å²) in [6, 6.07) is 10.9. The summed E-state index contributed by atoms with van der Waals surface area (Å²) in [6.07, 6.45) is 8.83. The SMILES string of the molecule is CN=C(NCc1cccc(-n2cccn2)c1)NC1CCC(C)CC1. The topological polar surface area (TPSA) is 54.2 Å². The van der Waals surface area contributed by atoms with Crippen LogP contribution in [0.1, 0.15) is 38.2 Å². The van der Waals surface area contributed by atoms with Gasteiger partial charge in [-0.1, -0.05) is 19.1 Å². The van der Waals surface area contributed by atoms with Crippen molar-refractivity contribution >= 4 is 5.96 Å². The number of hydrogen-bond acceptors (Lipinski definition) is 2. The molecule has 0 bridgehead atoms. The molecule has 2 N–H and O–H groups in total. The van der Waals surface area contributed by atoms with E-state index in [1.165, 1.54) is 31.2 Å². The van der Waals surface area contributed by atoms with Gasteiger partial charge in [0.05, 0.1) is 5.69 Å². The molecule has 0 saturated heterocycles. The molecule has 1 aromatic carbocycles. The molecule has 1 fully saturated rings. The van der Waals surface area contributed by atoms with Gasteiger partial charge in [0, 0.05) is 32.0 Å². The van der Waals surface area contributed by atoms with Crippen LogP contribution in [0.3, 0.4) is 0 Å². The van der Waals surface area contributed by atoms with Crippen molar-refractivity contribution in [3.8, 4) is 5.69 Å². The van der Waals surface area contributed by atoms with E-state index in [9.17, 15) is 0 Å². The lowest BCUT2D eigenvalue weighted by Gasteiger charge is -2.28. The van der Waals surface area contributed by atoms with Gasteiger partial charge in [0.2, 0.25) is 0 Å². The zero-order valence-electron chi connectivity index (χ0n) is 14.6. The summed E-state index contributed by atoms with van der Waals surface area (Å²) in [5.74, 6) is 1.75. The predicted molar refractivity (Wildman–Crippen MR) is 98.3 cm³/mol. The molecule has 0 atom stereocenters. The standard InChI is InChI=1S/C19H27N5/c1-15-7-9-17(10-8-15)23-19(20-2)21-14-16-5-3-6-18(13-16)24-12-4-11-22-24/h3-6,11-13,15,17H,7-10,14H2,1-2H3,(H2,20,21,23). The van der Waals surface area contributed by atoms with E-state index in [4.69, 9.17) is 0 Å². The molecule has 128 valence electrons. The van der Waals surface area contributed by atoms with Crippen LogP contribution in [0.2, 0.25) is 0 Å². The number of nitrogens with one attached hydrogen (secondary N) is 2. The van der Waals surface area contributed by atoms with E-state index in [1.807, 2.05) is 24.0 Å². The number of guanidine groups is 1. The average molecular weight is 325 g/mol. The third-order valence-corrected chi connectivity index (χ3v) is 4.72. The van der Waals surface area contributed by atoms with Gasteiger partial charge in [0.25, 0.3) is 0 Å². The van der Waals surface area contributed by atoms with Crippen LogP contribution in [-0.4, -0.2) is 28.8 Å². The molecule has 0 spiro atoms. The second-order valence-corrected chi connectivity index (χ2v) is 6.65. The summed E-state index contributed by atoms with van der Waals surface area (Å²) in [6.45, 7) is 3.09. The number of aliphatic imine (C=N–C) groups is 1. The zero-order valence-corrected chi connectivity index (χ0v) is 14.6. The monoisotopic (exact) mass is 325 g/mol. The Morgan fingerprint density at radius 1 is 1.25 bits per heavy atom. The third-order valence-electron chi connectivity index (χ3n) is 4.72. The lowest BCUT2D eigenvalue weighted by Crippen LogP contribution is -2.44. The van der Waals surface area contributed by atoms with E-state index in [-0.39, 0.29) is 0 Å². The maximum atomic E-state index is 4.37. The van der Waals surface area contributed by atoms with E-state index in [2.05, 4.69) is 51.9 Å². The number of nitrogens with zero attached hydrogens (tertiary/aromatic N) is 3. The summed E-state index contributed by atoms with van der Waals surface area (Å²) in [4.78, 5) is 4.37. The van der Waals surface area contributed by atoms with Crippen LogP contribution in [-0.2, 0) is 6.54 Å². The summed E-state index contributed by atoms with van der Waals surface area (Å²) >= 11 is 0. The molecule has 24 heavy (non-hydrogen) atoms. The molecular formula is C19H27N5. The highest BCUT2D eigenvalue weighted by molar-refractivity contribution is 5.79. The van der Waals surface area contributed by atoms with Crippen molar-refractivity contribution in [2.75, 3.05) is 7.05 Å². The van der Waals surface area contributed by atoms with Crippen molar-refractivity contribution in [2.24, 2.45) is 10.9 Å². The quantitative estimate of drug-likeness (QED) is 0.671. The van der Waals surface area contributed by atoms with Crippen molar-refractivity contribution in [2.45, 2.75) is 45.2 Å². The molecule has 0 amide bonds. The molecule has 5 heteroatoms. The largest absolute Gasteiger partial charge is 0.354 e. The molecule has 1 aliphatic carbocycles. The highest BCUT2D eigenvalue weighted by Gasteiger charge is 2.18. The average Bonchev–Trinajstić information content (AvgIpc) is 3.15. The fraction of sp³-hybridized carbons (Fsp3) is 0.474. The van der Waals surface area contributed by atoms with Gasteiger partial charge in [-0.3, -0.25) is 4.99 Å². The van der Waals surface area contributed by atoms with Crippen LogP contribution in [0.5, 0.6) is 0 Å². The van der Waals surface area contributed by atoms with Crippen molar-refractivity contribution < 1.29 is 0 Å². The fourth-order valence-corrected chi connectivity index (χ4v) is 3.21. The van der Waals surface area contributed by atoms with Gasteiger partial charge >= 0.3 is 0 Å². The lowest BCUT2D eigenvalue weighted by molar-refractivity contribution is 0.329. The van der Waals surface area contributed by atoms with E-state index in [0.29, 0.717) is 6.04 Å². The van der Waals surface area contributed by atoms with Gasteiger partial charge in [-0.15, -0.1) is 0 Å². The number of rotatable bonds is 4. The zero-order chi connectivity index (χ0) is 16.8. The molecule has 1 aliphatic rings. The first kappa shape index (κ1) is 16.6. The summed E-state index contributed by atoms with van der Waals surface area (Å²) < 4.78 is 1.87. The molecular weight excluding hydrogens is 298 g/mol. The molecule has 0 radical (unpaired) electrons. The van der Waals surface area contributed by atoms with E-state index < -0.39 is 0 Å². The first-order valence-electron chi connectivity index (χ1n) is 8.80. The van der Waals surface area contributed by atoms with Gasteiger partial charge in [0.15, 0.2) is 5.96 Å². The lowest BCUT2D eigenvalue weighted by atomic mass is 9.87. The highest BCUT2D eigenvalue weighted by Crippen LogP contribution is 2.23. The first-order chi connectivity index (χ1) is 11.7. The molecule has 0 unspecified atom stereocenters. The molecule has 1 saturated carbocycles. The highest BCUT2D eigenvalue weighted by atomic mass is 15.3. The summed E-state index contributed by atoms with van der Waals surface area (Å²) in [5.41, 5.74) is 2.28. The van der Waals surface area contributed by atoms with E-state index in [1.54, 1.807) is 6.20 Å². The summed E-state index contributed by atoms with van der Waals surface area (Å²) in [5, 5.41) is 11.3. The number of aromatic nitrogens is 2. The van der Waals surface area contributed by atoms with Crippen LogP contribution < -0.4 is 10.6 Å². The van der Waals surface area contributed by atoms with Crippen LogP contribution in [0.4, 0.5) is 0 Å². The Morgan fingerprint density at radius 2 is 2.08 bits per heavy atom. The second-order valence-electron chi connectivity index (χ2n) is 6.65. The van der Waals surface area contributed by atoms with Gasteiger partial charge in [0.1, 0.15) is 0 Å². The minimum atomic E-state index is 0.544. The minimum absolute atomic E-state index is 0.544. The fourth-order valence-electron chi connectivity index (χ4n) is 3.21. The van der Waals surface area contributed by atoms with Crippen molar-refractivity contribution in [3.63, 3.8) is 0 Å². The maximum Gasteiger partial charge on any atom is 0.191 e. The van der Waals surface area contributed by atoms with Crippen molar-refractivity contribution in [1.29, 1.82) is 0 Å². The Kier molecular flexibility index (Phi) is 5.51. The van der Waals surface area contributed by atoms with E-state index >= 15 is 0 Å². The Balaban J connectivity index is 1.55. The number of hydrogen-bond donors (Lipinski definition) is 2. The van der Waals surface area contributed by atoms with Gasteiger partial charge < -0.3 is 10.6 Å². The Labute approximate surface area is 144 Å². The minimum Gasteiger partial charge on any atom is -0.354 e. The molecule has 5 nitrogen and oxygen atoms in total. The molecule has 1 aromatic heterocycles. The normalized spacial score (nSPS) is 21.5. The second kappa shape index (κ2) is 7.99. The van der Waals surface area contributed by atoms with Crippen LogP contribution in [0.25, 0.3) is 5.69 Å². The van der Waals surface area contributed by atoms with Gasteiger partial charge in [-0.2, -0.15) is 5.10 Å². The maximum absolute atomic E-state index is 4.37. The number of benzene rings is 1. The van der Waals surface area contributed by atoms with Crippen molar-refractivity contribution in [3.05, 3.63) is 48.3 Å². The van der Waals surface area contributed by atoms with Gasteiger partial charge in [-0.25, -0.2) is 4.68 Å². The smallest absolute Gasteiger partial charge is 0.191 e. The Hall–Kier alpha value is -2.30. The Bertz CT molecular complexity index is 654. The van der Waals surface area contributed by atoms with Gasteiger partial charge in [-0.05, 0) is 55.4 Å². The van der Waals surface area contributed by atoms with Crippen LogP contribution in [0, 0.1) is 5.92 Å². The van der Waals surface area contributed by atoms with Crippen LogP contribution >= 0.6 is 0 Å². The molecule has 1 heterocycles. The van der Waals surface area contributed by atoms with Crippen molar-refractivity contribution in [1.82, 2.24) is 20.4 Å². The third kappa shape index (κ3) is 4.37. The first-order valence-corrected chi connectivity index (χ1v) is 8.80. The predicted octanol–water partition coefficient (Wildman–Crippen LogP) is 3.12. The van der Waals surface area contributed by atoms with Crippen LogP contribution in [0.15, 0.2) is 47.7 Å². The Morgan fingerprint density at radius 3 is 2.79 bits per heavy atom. The molecule has 0 aliphatic heterocycles. The summed E-state index contributed by atoms with van der Waals surface area (Å²) in [7, 11) is 1.83. The molecule has 2 aromatic rings. The van der Waals surface area contributed by atoms with E-state index in [0.717, 1.165) is 24.1 Å².